The molecule has 382 valence electrons. The minimum atomic E-state index is -1.11. The van der Waals surface area contributed by atoms with Crippen LogP contribution in [0.25, 0.3) is 11.0 Å². The highest BCUT2D eigenvalue weighted by molar-refractivity contribution is 6.24. The number of benzene rings is 1. The summed E-state index contributed by atoms with van der Waals surface area (Å²) >= 11 is 0. The van der Waals surface area contributed by atoms with E-state index in [1.807, 2.05) is 17.0 Å². The smallest absolute Gasteiger partial charge is 0.266 e. The first-order chi connectivity index (χ1) is 34.9. The molecule has 4 N–H and O–H groups in total. The van der Waals surface area contributed by atoms with E-state index in [1.54, 1.807) is 23.9 Å². The summed E-state index contributed by atoms with van der Waals surface area (Å²) in [5, 5.41) is 11.8. The number of anilines is 3. The largest absolute Gasteiger partial charge is 0.483 e. The summed E-state index contributed by atoms with van der Waals surface area (Å²) in [6.07, 6.45) is 7.20. The third-order valence-corrected chi connectivity index (χ3v) is 13.0. The van der Waals surface area contributed by atoms with Gasteiger partial charge in [0, 0.05) is 63.3 Å². The number of piperidine rings is 1. The third kappa shape index (κ3) is 11.9. The molecule has 23 heteroatoms. The maximum Gasteiger partial charge on any atom is 0.266 e. The number of Topliss-reactive ketones (excluding diaryl/α,β-unsaturated/α-hetero) is 1. The number of imide groups is 2. The zero-order valence-electron chi connectivity index (χ0n) is 40.4. The quantitative estimate of drug-likeness (QED) is 0.0465. The van der Waals surface area contributed by atoms with Crippen molar-refractivity contribution in [1.29, 1.82) is 0 Å². The lowest BCUT2D eigenvalue weighted by Gasteiger charge is -2.36. The minimum absolute atomic E-state index is 0.000136. The first-order valence-electron chi connectivity index (χ1n) is 24.3. The Kier molecular flexibility index (Phi) is 16.9. The minimum Gasteiger partial charge on any atom is -0.483 e. The van der Waals surface area contributed by atoms with Crippen LogP contribution in [-0.2, 0) is 33.4 Å². The molecule has 2 saturated heterocycles. The number of carbonyl (C=O) groups excluding carboxylic acids is 7. The fourth-order valence-corrected chi connectivity index (χ4v) is 9.34. The Hall–Kier alpha value is -7.21. The van der Waals surface area contributed by atoms with Crippen molar-refractivity contribution >= 4 is 69.7 Å². The molecule has 72 heavy (non-hydrogen) atoms. The number of hydrogen-bond acceptors (Lipinski definition) is 18. The Morgan fingerprint density at radius 1 is 0.819 bits per heavy atom. The average Bonchev–Trinajstić information content (AvgIpc) is 3.99. The van der Waals surface area contributed by atoms with E-state index in [0.29, 0.717) is 94.1 Å². The normalized spacial score (nSPS) is 17.1. The van der Waals surface area contributed by atoms with Crippen molar-refractivity contribution in [2.45, 2.75) is 64.5 Å². The molecule has 8 rings (SSSR count). The molecule has 0 radical (unpaired) electrons. The van der Waals surface area contributed by atoms with Crippen LogP contribution in [0.2, 0.25) is 0 Å². The van der Waals surface area contributed by atoms with Gasteiger partial charge in [0.2, 0.25) is 23.7 Å². The van der Waals surface area contributed by atoms with Crippen LogP contribution in [0.4, 0.5) is 17.5 Å². The van der Waals surface area contributed by atoms with Crippen LogP contribution < -0.4 is 36.5 Å². The maximum atomic E-state index is 13.6. The molecule has 4 aliphatic rings. The number of fused-ring (bicyclic) bond motifs is 2. The van der Waals surface area contributed by atoms with Gasteiger partial charge in [-0.3, -0.25) is 53.1 Å². The number of carbonyl (C=O) groups is 7. The molecule has 1 unspecified atom stereocenters. The molecule has 3 aliphatic heterocycles. The molecule has 0 bridgehead atoms. The Balaban J connectivity index is 0.643. The number of aromatic nitrogens is 4. The van der Waals surface area contributed by atoms with Gasteiger partial charge in [-0.2, -0.15) is 4.98 Å². The highest BCUT2D eigenvalue weighted by atomic mass is 16.5. The van der Waals surface area contributed by atoms with Crippen molar-refractivity contribution in [1.82, 2.24) is 45.3 Å². The van der Waals surface area contributed by atoms with Crippen LogP contribution >= 0.6 is 0 Å². The van der Waals surface area contributed by atoms with E-state index in [-0.39, 0.29) is 78.3 Å². The molecule has 3 fully saturated rings. The number of amides is 6. The highest BCUT2D eigenvalue weighted by Gasteiger charge is 2.46. The number of rotatable bonds is 23. The lowest BCUT2D eigenvalue weighted by atomic mass is 10.0. The molecule has 23 nitrogen and oxygen atoms in total. The SMILES string of the molecule is CC(=O)c1c(C)c2cnc(Nc3ccc(N4CCN(C(=O)CNCCOCCOCCOCCNC(=O)COc5cccc6c5C(=O)N(C5CCC(=O)NC5=O)C6=O)CC4)cn3)nc2n(C2CCCC2)c1=O. The second kappa shape index (κ2) is 23.8. The number of ether oxygens (including phenoxy) is 4. The number of nitrogens with one attached hydrogen (secondary N) is 4. The van der Waals surface area contributed by atoms with Gasteiger partial charge in [-0.15, -0.1) is 0 Å². The summed E-state index contributed by atoms with van der Waals surface area (Å²) in [6, 6.07) is 7.08. The second-order valence-corrected chi connectivity index (χ2v) is 17.8. The molecule has 1 saturated carbocycles. The van der Waals surface area contributed by atoms with Crippen LogP contribution in [0.5, 0.6) is 5.75 Å². The van der Waals surface area contributed by atoms with E-state index in [9.17, 15) is 38.4 Å². The van der Waals surface area contributed by atoms with Crippen molar-refractivity contribution in [3.8, 4) is 5.75 Å². The number of pyridine rings is 2. The topological polar surface area (TPSA) is 275 Å². The molecule has 1 atom stereocenters. The molecule has 3 aromatic heterocycles. The Labute approximate surface area is 414 Å². The molecule has 1 aromatic carbocycles. The van der Waals surface area contributed by atoms with Crippen LogP contribution in [0, 0.1) is 6.92 Å². The van der Waals surface area contributed by atoms with E-state index < -0.39 is 42.2 Å². The summed E-state index contributed by atoms with van der Waals surface area (Å²) in [6.45, 7) is 8.05. The van der Waals surface area contributed by atoms with Gasteiger partial charge in [0.25, 0.3) is 23.3 Å². The number of ketones is 1. The van der Waals surface area contributed by atoms with Crippen molar-refractivity contribution in [3.05, 3.63) is 75.3 Å². The van der Waals surface area contributed by atoms with Gasteiger partial charge >= 0.3 is 0 Å². The predicted octanol–water partition coefficient (Wildman–Crippen LogP) is 1.44. The highest BCUT2D eigenvalue weighted by Crippen LogP contribution is 2.34. The van der Waals surface area contributed by atoms with E-state index >= 15 is 0 Å². The average molecular weight is 994 g/mol. The molecule has 4 aromatic rings. The van der Waals surface area contributed by atoms with Gasteiger partial charge in [-0.25, -0.2) is 9.97 Å². The number of aryl methyl sites for hydroxylation is 1. The van der Waals surface area contributed by atoms with Crippen molar-refractivity contribution in [3.63, 3.8) is 0 Å². The van der Waals surface area contributed by atoms with E-state index in [1.165, 1.54) is 25.1 Å². The fourth-order valence-electron chi connectivity index (χ4n) is 9.34. The fraction of sp³-hybridized carbons (Fsp3) is 0.490. The lowest BCUT2D eigenvalue weighted by molar-refractivity contribution is -0.136. The predicted molar refractivity (Wildman–Crippen MR) is 259 cm³/mol. The lowest BCUT2D eigenvalue weighted by Crippen LogP contribution is -2.54. The van der Waals surface area contributed by atoms with Gasteiger partial charge in [-0.05, 0) is 62.9 Å². The Bertz CT molecular complexity index is 2750. The van der Waals surface area contributed by atoms with Crippen molar-refractivity contribution in [2.24, 2.45) is 0 Å². The zero-order valence-corrected chi connectivity index (χ0v) is 40.4. The zero-order chi connectivity index (χ0) is 50.7. The van der Waals surface area contributed by atoms with Crippen LogP contribution in [-0.4, -0.2) is 169 Å². The first kappa shape index (κ1) is 51.2. The monoisotopic (exact) mass is 993 g/mol. The van der Waals surface area contributed by atoms with Crippen molar-refractivity contribution in [2.75, 3.05) is 102 Å². The van der Waals surface area contributed by atoms with E-state index in [0.717, 1.165) is 36.3 Å². The second-order valence-electron chi connectivity index (χ2n) is 17.8. The molecule has 6 amide bonds. The number of hydrogen-bond donors (Lipinski definition) is 4. The van der Waals surface area contributed by atoms with Gasteiger partial charge in [0.15, 0.2) is 12.4 Å². The summed E-state index contributed by atoms with van der Waals surface area (Å²) in [5.74, 6) is -2.44. The molecule has 1 aliphatic carbocycles. The van der Waals surface area contributed by atoms with Gasteiger partial charge in [-0.1, -0.05) is 18.9 Å². The van der Waals surface area contributed by atoms with Gasteiger partial charge < -0.3 is 44.7 Å². The standard InChI is InChI=1S/C49H59N11O12/c1-30-35-27-53-49(56-44(35)59(32-6-3-4-7-32)47(67)42(30)31(2)61)54-38-12-10-33(26-52-38)57-16-18-58(19-17-57)41(64)28-50-14-20-69-22-24-71-25-23-70-21-15-51-40(63)29-72-37-9-5-8-34-43(37)48(68)60(46(34)66)36-11-13-39(62)55-45(36)65/h5,8-10,12,26-27,32,36,50H,3-4,6-7,11,13-25,28-29H2,1-2H3,(H,51,63)(H,55,62,65)(H,52,53,54,56). The number of nitrogens with zero attached hydrogens (tertiary/aromatic N) is 7. The van der Waals surface area contributed by atoms with Crippen LogP contribution in [0.1, 0.15) is 88.1 Å². The Morgan fingerprint density at radius 2 is 1.54 bits per heavy atom. The van der Waals surface area contributed by atoms with Crippen LogP contribution in [0.15, 0.2) is 47.5 Å². The maximum absolute atomic E-state index is 13.6. The molecular weight excluding hydrogens is 935 g/mol. The summed E-state index contributed by atoms with van der Waals surface area (Å²) in [7, 11) is 0. The van der Waals surface area contributed by atoms with E-state index in [4.69, 9.17) is 23.9 Å². The summed E-state index contributed by atoms with van der Waals surface area (Å²) < 4.78 is 23.9. The third-order valence-electron chi connectivity index (χ3n) is 13.0. The first-order valence-corrected chi connectivity index (χ1v) is 24.3. The number of piperazine rings is 1. The summed E-state index contributed by atoms with van der Waals surface area (Å²) in [5.41, 5.74) is 1.92. The van der Waals surface area contributed by atoms with Gasteiger partial charge in [0.05, 0.1) is 74.8 Å². The van der Waals surface area contributed by atoms with E-state index in [2.05, 4.69) is 36.1 Å². The van der Waals surface area contributed by atoms with Crippen LogP contribution in [0.3, 0.4) is 0 Å². The molecule has 6 heterocycles. The molecule has 0 spiro atoms. The summed E-state index contributed by atoms with van der Waals surface area (Å²) in [4.78, 5) is 120. The van der Waals surface area contributed by atoms with Gasteiger partial charge in [0.1, 0.15) is 23.3 Å². The van der Waals surface area contributed by atoms with Crippen molar-refractivity contribution < 1.29 is 52.5 Å². The Morgan fingerprint density at radius 3 is 2.24 bits per heavy atom. The molecular formula is C49H59N11O12.